The second-order valence-electron chi connectivity index (χ2n) is 5.69. The SMILES string of the molecule is CCOCCc1nnc(NC(=O)[C@H]2CC(=O)N([C@@H](C)COC)C2)s1. The van der Waals surface area contributed by atoms with E-state index in [0.29, 0.717) is 37.9 Å². The lowest BCUT2D eigenvalue weighted by Gasteiger charge is -2.23. The lowest BCUT2D eigenvalue weighted by molar-refractivity contribution is -0.130. The number of carbonyl (C=O) groups excluding carboxylic acids is 2. The Balaban J connectivity index is 1.85. The average Bonchev–Trinajstić information content (AvgIpc) is 3.14. The molecule has 2 rings (SSSR count). The lowest BCUT2D eigenvalue weighted by Crippen LogP contribution is -2.38. The van der Waals surface area contributed by atoms with Crippen molar-refractivity contribution in [3.05, 3.63) is 5.01 Å². The minimum atomic E-state index is -0.368. The summed E-state index contributed by atoms with van der Waals surface area (Å²) in [6.07, 6.45) is 0.890. The molecular formula is C15H24N4O4S. The zero-order valence-electron chi connectivity index (χ0n) is 14.3. The third-order valence-electron chi connectivity index (χ3n) is 3.83. The molecule has 0 radical (unpaired) electrons. The fourth-order valence-corrected chi connectivity index (χ4v) is 3.30. The molecule has 0 saturated carbocycles. The first kappa shape index (κ1) is 18.8. The van der Waals surface area contributed by atoms with E-state index in [1.807, 2.05) is 13.8 Å². The number of nitrogens with zero attached hydrogens (tertiary/aromatic N) is 3. The predicted octanol–water partition coefficient (Wildman–Crippen LogP) is 0.939. The Labute approximate surface area is 145 Å². The molecular weight excluding hydrogens is 332 g/mol. The number of nitrogens with one attached hydrogen (secondary N) is 1. The van der Waals surface area contributed by atoms with Crippen LogP contribution < -0.4 is 5.32 Å². The zero-order valence-corrected chi connectivity index (χ0v) is 15.1. The van der Waals surface area contributed by atoms with Crippen molar-refractivity contribution in [2.24, 2.45) is 5.92 Å². The number of hydrogen-bond acceptors (Lipinski definition) is 7. The first-order chi connectivity index (χ1) is 11.5. The summed E-state index contributed by atoms with van der Waals surface area (Å²) in [7, 11) is 1.60. The van der Waals surface area contributed by atoms with Crippen molar-refractivity contribution in [2.75, 3.05) is 38.8 Å². The molecule has 0 bridgehead atoms. The van der Waals surface area contributed by atoms with Gasteiger partial charge in [0.15, 0.2) is 0 Å². The number of hydrogen-bond donors (Lipinski definition) is 1. The Hall–Kier alpha value is -1.58. The highest BCUT2D eigenvalue weighted by molar-refractivity contribution is 7.15. The van der Waals surface area contributed by atoms with Crippen LogP contribution in [0.25, 0.3) is 0 Å². The number of rotatable bonds is 9. The zero-order chi connectivity index (χ0) is 17.5. The Morgan fingerprint density at radius 2 is 2.29 bits per heavy atom. The van der Waals surface area contributed by atoms with Gasteiger partial charge >= 0.3 is 0 Å². The van der Waals surface area contributed by atoms with E-state index in [2.05, 4.69) is 15.5 Å². The van der Waals surface area contributed by atoms with Crippen LogP contribution in [0.2, 0.25) is 0 Å². The maximum Gasteiger partial charge on any atom is 0.231 e. The number of carbonyl (C=O) groups is 2. The summed E-state index contributed by atoms with van der Waals surface area (Å²) in [5, 5.41) is 12.0. The van der Waals surface area contributed by atoms with Crippen LogP contribution in [-0.4, -0.2) is 66.4 Å². The van der Waals surface area contributed by atoms with Crippen molar-refractivity contribution in [3.63, 3.8) is 0 Å². The fraction of sp³-hybridized carbons (Fsp3) is 0.733. The summed E-state index contributed by atoms with van der Waals surface area (Å²) in [4.78, 5) is 26.1. The van der Waals surface area contributed by atoms with Gasteiger partial charge in [0.05, 0.1) is 25.2 Å². The minimum Gasteiger partial charge on any atom is -0.383 e. The van der Waals surface area contributed by atoms with Crippen LogP contribution in [0.15, 0.2) is 0 Å². The minimum absolute atomic E-state index is 0.0191. The molecule has 2 heterocycles. The summed E-state index contributed by atoms with van der Waals surface area (Å²) >= 11 is 1.33. The van der Waals surface area contributed by atoms with E-state index >= 15 is 0 Å². The molecule has 134 valence electrons. The Morgan fingerprint density at radius 1 is 1.50 bits per heavy atom. The highest BCUT2D eigenvalue weighted by Crippen LogP contribution is 2.23. The molecule has 1 aliphatic rings. The molecule has 8 nitrogen and oxygen atoms in total. The molecule has 24 heavy (non-hydrogen) atoms. The standard InChI is InChI=1S/C15H24N4O4S/c1-4-23-6-5-12-17-18-15(24-12)16-14(21)11-7-13(20)19(8-11)10(2)9-22-3/h10-11H,4-9H2,1-3H3,(H,16,18,21)/t10-,11-/m0/s1. The topological polar surface area (TPSA) is 93.7 Å². The van der Waals surface area contributed by atoms with Crippen LogP contribution >= 0.6 is 11.3 Å². The summed E-state index contributed by atoms with van der Waals surface area (Å²) in [6.45, 7) is 5.96. The number of ether oxygens (including phenoxy) is 2. The van der Waals surface area contributed by atoms with Gasteiger partial charge in [-0.05, 0) is 13.8 Å². The summed E-state index contributed by atoms with van der Waals surface area (Å²) in [6, 6.07) is -0.0352. The number of methoxy groups -OCH3 is 1. The van der Waals surface area contributed by atoms with Gasteiger partial charge in [0.2, 0.25) is 16.9 Å². The highest BCUT2D eigenvalue weighted by Gasteiger charge is 2.36. The van der Waals surface area contributed by atoms with Gasteiger partial charge in [-0.25, -0.2) is 0 Å². The molecule has 1 aliphatic heterocycles. The molecule has 0 aromatic carbocycles. The molecule has 1 aromatic rings. The quantitative estimate of drug-likeness (QED) is 0.662. The third kappa shape index (κ3) is 4.96. The van der Waals surface area contributed by atoms with Crippen molar-refractivity contribution in [2.45, 2.75) is 32.7 Å². The van der Waals surface area contributed by atoms with Gasteiger partial charge in [-0.2, -0.15) is 0 Å². The monoisotopic (exact) mass is 356 g/mol. The summed E-state index contributed by atoms with van der Waals surface area (Å²) < 4.78 is 10.4. The molecule has 1 N–H and O–H groups in total. The number of likely N-dealkylation sites (tertiary alicyclic amines) is 1. The van der Waals surface area contributed by atoms with Crippen LogP contribution in [0.3, 0.4) is 0 Å². The molecule has 1 saturated heterocycles. The van der Waals surface area contributed by atoms with E-state index in [-0.39, 0.29) is 30.2 Å². The number of aromatic nitrogens is 2. The summed E-state index contributed by atoms with van der Waals surface area (Å²) in [5.41, 5.74) is 0. The first-order valence-corrected chi connectivity index (χ1v) is 8.86. The molecule has 2 atom stereocenters. The van der Waals surface area contributed by atoms with E-state index in [4.69, 9.17) is 9.47 Å². The van der Waals surface area contributed by atoms with E-state index < -0.39 is 0 Å². The maximum atomic E-state index is 12.3. The van der Waals surface area contributed by atoms with Gasteiger partial charge in [-0.1, -0.05) is 11.3 Å². The van der Waals surface area contributed by atoms with Crippen LogP contribution in [0.5, 0.6) is 0 Å². The lowest BCUT2D eigenvalue weighted by atomic mass is 10.1. The molecule has 2 amide bonds. The fourth-order valence-electron chi connectivity index (χ4n) is 2.58. The smallest absolute Gasteiger partial charge is 0.231 e. The van der Waals surface area contributed by atoms with Crippen LogP contribution in [0.4, 0.5) is 5.13 Å². The van der Waals surface area contributed by atoms with Crippen LogP contribution in [0, 0.1) is 5.92 Å². The van der Waals surface area contributed by atoms with Gasteiger partial charge < -0.3 is 19.7 Å². The van der Waals surface area contributed by atoms with E-state index in [1.54, 1.807) is 12.0 Å². The van der Waals surface area contributed by atoms with Gasteiger partial charge in [-0.15, -0.1) is 10.2 Å². The number of anilines is 1. The first-order valence-electron chi connectivity index (χ1n) is 8.04. The van der Waals surface area contributed by atoms with Crippen molar-refractivity contribution >= 4 is 28.3 Å². The van der Waals surface area contributed by atoms with Gasteiger partial charge in [-0.3, -0.25) is 9.59 Å². The predicted molar refractivity (Wildman–Crippen MR) is 89.9 cm³/mol. The van der Waals surface area contributed by atoms with Gasteiger partial charge in [0, 0.05) is 33.1 Å². The molecule has 1 aromatic heterocycles. The molecule has 0 unspecified atom stereocenters. The van der Waals surface area contributed by atoms with Crippen molar-refractivity contribution in [1.82, 2.24) is 15.1 Å². The van der Waals surface area contributed by atoms with Gasteiger partial charge in [0.1, 0.15) is 5.01 Å². The molecule has 0 spiro atoms. The number of amides is 2. The maximum absolute atomic E-state index is 12.3. The highest BCUT2D eigenvalue weighted by atomic mass is 32.1. The second kappa shape index (κ2) is 9.05. The Bertz CT molecular complexity index is 565. The molecule has 0 aliphatic carbocycles. The van der Waals surface area contributed by atoms with Crippen LogP contribution in [-0.2, 0) is 25.5 Å². The summed E-state index contributed by atoms with van der Waals surface area (Å²) in [5.74, 6) is -0.579. The van der Waals surface area contributed by atoms with E-state index in [0.717, 1.165) is 5.01 Å². The normalized spacial score (nSPS) is 18.9. The van der Waals surface area contributed by atoms with E-state index in [1.165, 1.54) is 11.3 Å². The molecule has 1 fully saturated rings. The van der Waals surface area contributed by atoms with Crippen LogP contribution in [0.1, 0.15) is 25.3 Å². The second-order valence-corrected chi connectivity index (χ2v) is 6.75. The molecule has 9 heteroatoms. The van der Waals surface area contributed by atoms with Crippen molar-refractivity contribution in [3.8, 4) is 0 Å². The Morgan fingerprint density at radius 3 is 3.00 bits per heavy atom. The van der Waals surface area contributed by atoms with Crippen molar-refractivity contribution in [1.29, 1.82) is 0 Å². The Kier molecular flexibility index (Phi) is 7.07. The van der Waals surface area contributed by atoms with Gasteiger partial charge in [0.25, 0.3) is 0 Å². The third-order valence-corrected chi connectivity index (χ3v) is 4.73. The average molecular weight is 356 g/mol. The largest absolute Gasteiger partial charge is 0.383 e. The van der Waals surface area contributed by atoms with Crippen molar-refractivity contribution < 1.29 is 19.1 Å². The van der Waals surface area contributed by atoms with E-state index in [9.17, 15) is 9.59 Å².